The third kappa shape index (κ3) is 2.02. The van der Waals surface area contributed by atoms with Crippen molar-refractivity contribution < 1.29 is 14.6 Å². The molecule has 0 radical (unpaired) electrons. The van der Waals surface area contributed by atoms with Crippen LogP contribution in [0.15, 0.2) is 24.3 Å². The number of aliphatic hydroxyl groups excluding tert-OH is 1. The zero-order chi connectivity index (χ0) is 11.5. The number of ether oxygens (including phenoxy) is 1. The molecule has 4 heteroatoms. The fraction of sp³-hybridized carbons (Fsp3) is 0.417. The van der Waals surface area contributed by atoms with Gasteiger partial charge in [-0.05, 0) is 24.3 Å². The SMILES string of the molecule is COc1ccc(N2C[C@@H](CO)CC2=O)cc1. The highest BCUT2D eigenvalue weighted by Gasteiger charge is 2.29. The van der Waals surface area contributed by atoms with Gasteiger partial charge in [0.2, 0.25) is 5.91 Å². The first-order valence-corrected chi connectivity index (χ1v) is 5.30. The summed E-state index contributed by atoms with van der Waals surface area (Å²) in [5.41, 5.74) is 0.863. The molecule has 1 heterocycles. The van der Waals surface area contributed by atoms with Crippen LogP contribution in [0.2, 0.25) is 0 Å². The summed E-state index contributed by atoms with van der Waals surface area (Å²) in [6.45, 7) is 0.667. The molecule has 1 atom stereocenters. The zero-order valence-corrected chi connectivity index (χ0v) is 9.22. The number of hydrogen-bond donors (Lipinski definition) is 1. The van der Waals surface area contributed by atoms with E-state index in [4.69, 9.17) is 9.84 Å². The highest BCUT2D eigenvalue weighted by atomic mass is 16.5. The molecule has 1 aliphatic rings. The second kappa shape index (κ2) is 4.53. The van der Waals surface area contributed by atoms with Crippen molar-refractivity contribution in [1.82, 2.24) is 0 Å². The molecule has 1 N–H and O–H groups in total. The summed E-state index contributed by atoms with van der Waals surface area (Å²) in [7, 11) is 1.61. The number of benzene rings is 1. The quantitative estimate of drug-likeness (QED) is 0.829. The minimum absolute atomic E-state index is 0.0644. The van der Waals surface area contributed by atoms with Gasteiger partial charge >= 0.3 is 0 Å². The van der Waals surface area contributed by atoms with Crippen LogP contribution in [0.1, 0.15) is 6.42 Å². The third-order valence-electron chi connectivity index (χ3n) is 2.85. The maximum atomic E-state index is 11.7. The van der Waals surface area contributed by atoms with E-state index in [1.165, 1.54) is 0 Å². The monoisotopic (exact) mass is 221 g/mol. The highest BCUT2D eigenvalue weighted by molar-refractivity contribution is 5.95. The van der Waals surface area contributed by atoms with Crippen molar-refractivity contribution in [2.75, 3.05) is 25.2 Å². The molecule has 1 amide bonds. The fourth-order valence-corrected chi connectivity index (χ4v) is 1.92. The molecule has 86 valence electrons. The minimum atomic E-state index is 0.0644. The van der Waals surface area contributed by atoms with Crippen molar-refractivity contribution in [3.05, 3.63) is 24.3 Å². The number of carbonyl (C=O) groups excluding carboxylic acids is 1. The highest BCUT2D eigenvalue weighted by Crippen LogP contribution is 2.26. The Kier molecular flexibility index (Phi) is 3.10. The van der Waals surface area contributed by atoms with E-state index < -0.39 is 0 Å². The average Bonchev–Trinajstić information content (AvgIpc) is 2.71. The van der Waals surface area contributed by atoms with Gasteiger partial charge in [0.15, 0.2) is 0 Å². The van der Waals surface area contributed by atoms with Crippen LogP contribution in [-0.2, 0) is 4.79 Å². The predicted molar refractivity (Wildman–Crippen MR) is 60.5 cm³/mol. The molecule has 1 aliphatic heterocycles. The normalized spacial score (nSPS) is 20.2. The summed E-state index contributed by atoms with van der Waals surface area (Å²) >= 11 is 0. The number of anilines is 1. The van der Waals surface area contributed by atoms with E-state index in [9.17, 15) is 4.79 Å². The van der Waals surface area contributed by atoms with E-state index >= 15 is 0 Å². The standard InChI is InChI=1S/C12H15NO3/c1-16-11-4-2-10(3-5-11)13-7-9(8-14)6-12(13)15/h2-5,9,14H,6-8H2,1H3/t9-/m0/s1. The van der Waals surface area contributed by atoms with Gasteiger partial charge in [0.25, 0.3) is 0 Å². The average molecular weight is 221 g/mol. The molecule has 0 aromatic heterocycles. The lowest BCUT2D eigenvalue weighted by Crippen LogP contribution is -2.24. The molecule has 0 aliphatic carbocycles. The first-order chi connectivity index (χ1) is 7.74. The maximum Gasteiger partial charge on any atom is 0.227 e. The van der Waals surface area contributed by atoms with Crippen LogP contribution in [0.25, 0.3) is 0 Å². The second-order valence-corrected chi connectivity index (χ2v) is 3.96. The molecule has 1 fully saturated rings. The lowest BCUT2D eigenvalue weighted by molar-refractivity contribution is -0.117. The Hall–Kier alpha value is -1.55. The van der Waals surface area contributed by atoms with E-state index in [-0.39, 0.29) is 18.4 Å². The lowest BCUT2D eigenvalue weighted by atomic mass is 10.1. The van der Waals surface area contributed by atoms with Crippen LogP contribution in [0.4, 0.5) is 5.69 Å². The molecule has 4 nitrogen and oxygen atoms in total. The van der Waals surface area contributed by atoms with Gasteiger partial charge < -0.3 is 14.7 Å². The number of hydrogen-bond acceptors (Lipinski definition) is 3. The van der Waals surface area contributed by atoms with Crippen molar-refractivity contribution in [2.45, 2.75) is 6.42 Å². The van der Waals surface area contributed by atoms with Gasteiger partial charge in [-0.3, -0.25) is 4.79 Å². The third-order valence-corrected chi connectivity index (χ3v) is 2.85. The Balaban J connectivity index is 2.15. The summed E-state index contributed by atoms with van der Waals surface area (Å²) in [6, 6.07) is 7.37. The fourth-order valence-electron chi connectivity index (χ4n) is 1.92. The van der Waals surface area contributed by atoms with Crippen LogP contribution < -0.4 is 9.64 Å². The van der Waals surface area contributed by atoms with Crippen molar-refractivity contribution >= 4 is 11.6 Å². The second-order valence-electron chi connectivity index (χ2n) is 3.96. The van der Waals surface area contributed by atoms with E-state index in [1.54, 1.807) is 12.0 Å². The molecular weight excluding hydrogens is 206 g/mol. The Morgan fingerprint density at radius 2 is 2.12 bits per heavy atom. The number of methoxy groups -OCH3 is 1. The van der Waals surface area contributed by atoms with Gasteiger partial charge in [-0.2, -0.15) is 0 Å². The molecule has 16 heavy (non-hydrogen) atoms. The Bertz CT molecular complexity index is 374. The molecule has 0 unspecified atom stereocenters. The minimum Gasteiger partial charge on any atom is -0.497 e. The van der Waals surface area contributed by atoms with Crippen molar-refractivity contribution in [3.63, 3.8) is 0 Å². The summed E-state index contributed by atoms with van der Waals surface area (Å²) < 4.78 is 5.06. The van der Waals surface area contributed by atoms with Crippen LogP contribution in [0.5, 0.6) is 5.75 Å². The summed E-state index contributed by atoms with van der Waals surface area (Å²) in [5, 5.41) is 9.03. The van der Waals surface area contributed by atoms with Crippen molar-refractivity contribution in [1.29, 1.82) is 0 Å². The van der Waals surface area contributed by atoms with Gasteiger partial charge in [-0.25, -0.2) is 0 Å². The molecule has 2 rings (SSSR count). The number of aliphatic hydroxyl groups is 1. The van der Waals surface area contributed by atoms with Crippen molar-refractivity contribution in [3.8, 4) is 5.75 Å². The van der Waals surface area contributed by atoms with Gasteiger partial charge in [0.1, 0.15) is 5.75 Å². The summed E-state index contributed by atoms with van der Waals surface area (Å²) in [6.07, 6.45) is 0.433. The van der Waals surface area contributed by atoms with Crippen LogP contribution in [-0.4, -0.2) is 31.3 Å². The zero-order valence-electron chi connectivity index (χ0n) is 9.22. The lowest BCUT2D eigenvalue weighted by Gasteiger charge is -2.16. The first-order valence-electron chi connectivity index (χ1n) is 5.30. The molecular formula is C12H15NO3. The summed E-state index contributed by atoms with van der Waals surface area (Å²) in [5.74, 6) is 0.910. The van der Waals surface area contributed by atoms with Gasteiger partial charge in [0, 0.05) is 31.2 Å². The molecule has 0 saturated carbocycles. The molecule has 1 saturated heterocycles. The van der Waals surface area contributed by atoms with E-state index in [0.717, 1.165) is 11.4 Å². The first kappa shape index (κ1) is 11.0. The largest absolute Gasteiger partial charge is 0.497 e. The Labute approximate surface area is 94.4 Å². The topological polar surface area (TPSA) is 49.8 Å². The van der Waals surface area contributed by atoms with E-state index in [0.29, 0.717) is 13.0 Å². The van der Waals surface area contributed by atoms with Crippen LogP contribution in [0, 0.1) is 5.92 Å². The number of rotatable bonds is 3. The molecule has 1 aromatic rings. The van der Waals surface area contributed by atoms with Crippen LogP contribution in [0.3, 0.4) is 0 Å². The smallest absolute Gasteiger partial charge is 0.227 e. The number of carbonyl (C=O) groups is 1. The van der Waals surface area contributed by atoms with E-state index in [2.05, 4.69) is 0 Å². The predicted octanol–water partition coefficient (Wildman–Crippen LogP) is 1.04. The molecule has 1 aromatic carbocycles. The van der Waals surface area contributed by atoms with Gasteiger partial charge in [-0.1, -0.05) is 0 Å². The van der Waals surface area contributed by atoms with Gasteiger partial charge in [0.05, 0.1) is 7.11 Å². The molecule has 0 bridgehead atoms. The number of nitrogens with zero attached hydrogens (tertiary/aromatic N) is 1. The summed E-state index contributed by atoms with van der Waals surface area (Å²) in [4.78, 5) is 13.4. The Morgan fingerprint density at radius 3 is 2.62 bits per heavy atom. The number of amides is 1. The van der Waals surface area contributed by atoms with Crippen molar-refractivity contribution in [2.24, 2.45) is 5.92 Å². The van der Waals surface area contributed by atoms with E-state index in [1.807, 2.05) is 24.3 Å². The maximum absolute atomic E-state index is 11.7. The van der Waals surface area contributed by atoms with Gasteiger partial charge in [-0.15, -0.1) is 0 Å². The van der Waals surface area contributed by atoms with Crippen LogP contribution >= 0.6 is 0 Å². The Morgan fingerprint density at radius 1 is 1.44 bits per heavy atom. The molecule has 0 spiro atoms.